The molecule has 0 radical (unpaired) electrons. The lowest BCUT2D eigenvalue weighted by Gasteiger charge is -2.12. The van der Waals surface area contributed by atoms with Crippen molar-refractivity contribution in [2.45, 2.75) is 20.3 Å². The van der Waals surface area contributed by atoms with E-state index in [4.69, 9.17) is 9.47 Å². The SMILES string of the molecule is C=C(CCNC(=O)COc1ccc(C)c(C)c1)NC(=O)c1cccc(OC)c1F. The second-order valence-corrected chi connectivity index (χ2v) is 6.51. The van der Waals surface area contributed by atoms with E-state index in [-0.39, 0.29) is 30.4 Å². The summed E-state index contributed by atoms with van der Waals surface area (Å²) in [6.07, 6.45) is 0.298. The van der Waals surface area contributed by atoms with Crippen LogP contribution in [-0.4, -0.2) is 32.1 Å². The number of halogens is 1. The molecule has 6 nitrogen and oxygen atoms in total. The molecular weight excluding hydrogens is 375 g/mol. The number of nitrogens with one attached hydrogen (secondary N) is 2. The number of rotatable bonds is 9. The van der Waals surface area contributed by atoms with Gasteiger partial charge in [0.1, 0.15) is 5.75 Å². The van der Waals surface area contributed by atoms with Crippen LogP contribution < -0.4 is 20.1 Å². The van der Waals surface area contributed by atoms with Gasteiger partial charge in [0, 0.05) is 18.7 Å². The van der Waals surface area contributed by atoms with E-state index in [1.54, 1.807) is 0 Å². The number of benzene rings is 2. The van der Waals surface area contributed by atoms with Crippen LogP contribution in [0.2, 0.25) is 0 Å². The third-order valence-electron chi connectivity index (χ3n) is 4.32. The van der Waals surface area contributed by atoms with Crippen LogP contribution in [0.3, 0.4) is 0 Å². The normalized spacial score (nSPS) is 10.2. The van der Waals surface area contributed by atoms with Crippen molar-refractivity contribution >= 4 is 11.8 Å². The number of amides is 2. The summed E-state index contributed by atoms with van der Waals surface area (Å²) in [7, 11) is 1.32. The molecule has 2 aromatic rings. The molecule has 2 aromatic carbocycles. The number of methoxy groups -OCH3 is 1. The summed E-state index contributed by atoms with van der Waals surface area (Å²) in [5.74, 6) is -1.05. The van der Waals surface area contributed by atoms with Crippen LogP contribution in [0.4, 0.5) is 4.39 Å². The second-order valence-electron chi connectivity index (χ2n) is 6.51. The monoisotopic (exact) mass is 400 g/mol. The van der Waals surface area contributed by atoms with Crippen LogP contribution >= 0.6 is 0 Å². The van der Waals surface area contributed by atoms with Crippen molar-refractivity contribution in [3.8, 4) is 11.5 Å². The molecule has 7 heteroatoms. The van der Waals surface area contributed by atoms with Crippen LogP contribution in [0.5, 0.6) is 11.5 Å². The molecule has 0 fully saturated rings. The summed E-state index contributed by atoms with van der Waals surface area (Å²) < 4.78 is 24.4. The van der Waals surface area contributed by atoms with Crippen molar-refractivity contribution in [2.75, 3.05) is 20.3 Å². The molecule has 0 atom stereocenters. The Bertz CT molecular complexity index is 912. The van der Waals surface area contributed by atoms with Gasteiger partial charge in [-0.15, -0.1) is 0 Å². The van der Waals surface area contributed by atoms with E-state index < -0.39 is 11.7 Å². The molecule has 0 saturated carbocycles. The topological polar surface area (TPSA) is 76.7 Å². The quantitative estimate of drug-likeness (QED) is 0.677. The molecule has 2 rings (SSSR count). The Morgan fingerprint density at radius 2 is 1.90 bits per heavy atom. The molecule has 0 unspecified atom stereocenters. The van der Waals surface area contributed by atoms with Crippen LogP contribution in [0.25, 0.3) is 0 Å². The first kappa shape index (κ1) is 21.9. The summed E-state index contributed by atoms with van der Waals surface area (Å²) in [4.78, 5) is 24.1. The largest absolute Gasteiger partial charge is 0.494 e. The van der Waals surface area contributed by atoms with Crippen molar-refractivity contribution in [3.05, 3.63) is 71.2 Å². The Kier molecular flexibility index (Phi) is 7.77. The highest BCUT2D eigenvalue weighted by molar-refractivity contribution is 5.95. The fourth-order valence-corrected chi connectivity index (χ4v) is 2.49. The van der Waals surface area contributed by atoms with Crippen LogP contribution in [0.1, 0.15) is 27.9 Å². The maximum absolute atomic E-state index is 14.1. The van der Waals surface area contributed by atoms with E-state index in [1.807, 2.05) is 32.0 Å². The van der Waals surface area contributed by atoms with Gasteiger partial charge in [0.05, 0.1) is 12.7 Å². The molecular formula is C22H25FN2O4. The second kappa shape index (κ2) is 10.3. The first-order valence-electron chi connectivity index (χ1n) is 9.10. The van der Waals surface area contributed by atoms with Crippen molar-refractivity contribution in [3.63, 3.8) is 0 Å². The number of hydrogen-bond acceptors (Lipinski definition) is 4. The van der Waals surface area contributed by atoms with E-state index in [0.717, 1.165) is 11.1 Å². The molecule has 2 N–H and O–H groups in total. The summed E-state index contributed by atoms with van der Waals surface area (Å²) in [5, 5.41) is 5.20. The minimum Gasteiger partial charge on any atom is -0.494 e. The van der Waals surface area contributed by atoms with Gasteiger partial charge >= 0.3 is 0 Å². The lowest BCUT2D eigenvalue weighted by atomic mass is 10.1. The van der Waals surface area contributed by atoms with E-state index in [2.05, 4.69) is 17.2 Å². The highest BCUT2D eigenvalue weighted by atomic mass is 19.1. The van der Waals surface area contributed by atoms with E-state index in [1.165, 1.54) is 25.3 Å². The highest BCUT2D eigenvalue weighted by Gasteiger charge is 2.16. The number of hydrogen-bond donors (Lipinski definition) is 2. The Balaban J connectivity index is 1.74. The van der Waals surface area contributed by atoms with Gasteiger partial charge in [-0.3, -0.25) is 9.59 Å². The molecule has 2 amide bonds. The zero-order valence-corrected chi connectivity index (χ0v) is 16.8. The fourth-order valence-electron chi connectivity index (χ4n) is 2.49. The Hall–Kier alpha value is -3.35. The van der Waals surface area contributed by atoms with Crippen LogP contribution in [0, 0.1) is 19.7 Å². The minimum atomic E-state index is -0.739. The molecule has 0 aliphatic rings. The first-order chi connectivity index (χ1) is 13.8. The van der Waals surface area contributed by atoms with Crippen molar-refractivity contribution in [1.29, 1.82) is 0 Å². The van der Waals surface area contributed by atoms with Gasteiger partial charge in [0.25, 0.3) is 11.8 Å². The van der Waals surface area contributed by atoms with Crippen LogP contribution in [-0.2, 0) is 4.79 Å². The van der Waals surface area contributed by atoms with Crippen molar-refractivity contribution in [1.82, 2.24) is 10.6 Å². The van der Waals surface area contributed by atoms with Gasteiger partial charge in [0.15, 0.2) is 18.2 Å². The molecule has 0 bridgehead atoms. The molecule has 0 saturated heterocycles. The summed E-state index contributed by atoms with van der Waals surface area (Å²) in [5.41, 5.74) is 2.45. The summed E-state index contributed by atoms with van der Waals surface area (Å²) in [6, 6.07) is 9.92. The molecule has 0 aliphatic heterocycles. The van der Waals surface area contributed by atoms with Crippen molar-refractivity contribution < 1.29 is 23.5 Å². The van der Waals surface area contributed by atoms with Gasteiger partial charge in [-0.1, -0.05) is 18.7 Å². The molecule has 154 valence electrons. The zero-order chi connectivity index (χ0) is 21.4. The van der Waals surface area contributed by atoms with Crippen molar-refractivity contribution in [2.24, 2.45) is 0 Å². The number of ether oxygens (including phenoxy) is 2. The smallest absolute Gasteiger partial charge is 0.258 e. The average molecular weight is 400 g/mol. The fraction of sp³-hybridized carbons (Fsp3) is 0.273. The van der Waals surface area contributed by atoms with Gasteiger partial charge < -0.3 is 20.1 Å². The van der Waals surface area contributed by atoms with Crippen LogP contribution in [0.15, 0.2) is 48.7 Å². The number of carbonyl (C=O) groups is 2. The number of carbonyl (C=O) groups excluding carboxylic acids is 2. The maximum Gasteiger partial charge on any atom is 0.258 e. The summed E-state index contributed by atoms with van der Waals surface area (Å²) >= 11 is 0. The van der Waals surface area contributed by atoms with Gasteiger partial charge in [0.2, 0.25) is 0 Å². The molecule has 0 aliphatic carbocycles. The Morgan fingerprint density at radius 3 is 2.59 bits per heavy atom. The lowest BCUT2D eigenvalue weighted by molar-refractivity contribution is -0.123. The van der Waals surface area contributed by atoms with E-state index in [9.17, 15) is 14.0 Å². The minimum absolute atomic E-state index is 0.0145. The Morgan fingerprint density at radius 1 is 1.14 bits per heavy atom. The van der Waals surface area contributed by atoms with Gasteiger partial charge in [-0.25, -0.2) is 4.39 Å². The predicted octanol–water partition coefficient (Wildman–Crippen LogP) is 3.28. The van der Waals surface area contributed by atoms with E-state index in [0.29, 0.717) is 17.9 Å². The molecule has 29 heavy (non-hydrogen) atoms. The Labute approximate surface area is 169 Å². The maximum atomic E-state index is 14.1. The molecule has 0 spiro atoms. The average Bonchev–Trinajstić information content (AvgIpc) is 2.69. The van der Waals surface area contributed by atoms with Gasteiger partial charge in [-0.05, 0) is 49.2 Å². The predicted molar refractivity (Wildman–Crippen MR) is 109 cm³/mol. The summed E-state index contributed by atoms with van der Waals surface area (Å²) in [6.45, 7) is 7.85. The third-order valence-corrected chi connectivity index (χ3v) is 4.32. The standard InChI is InChI=1S/C22H25FN2O4/c1-14-8-9-17(12-15(14)2)29-13-20(26)24-11-10-16(3)25-22(27)18-6-5-7-19(28-4)21(18)23/h5-9,12H,3,10-11,13H2,1-2,4H3,(H,24,26)(H,25,27). The molecule has 0 aromatic heterocycles. The highest BCUT2D eigenvalue weighted by Crippen LogP contribution is 2.20. The van der Waals surface area contributed by atoms with Gasteiger partial charge in [-0.2, -0.15) is 0 Å². The first-order valence-corrected chi connectivity index (χ1v) is 9.10. The number of aryl methyl sites for hydroxylation is 2. The zero-order valence-electron chi connectivity index (χ0n) is 16.8. The van der Waals surface area contributed by atoms with E-state index >= 15 is 0 Å². The lowest BCUT2D eigenvalue weighted by Crippen LogP contribution is -2.31. The third kappa shape index (κ3) is 6.34. The molecule has 0 heterocycles.